The van der Waals surface area contributed by atoms with Crippen LogP contribution in [-0.4, -0.2) is 0 Å². The Bertz CT molecular complexity index is 917. The van der Waals surface area contributed by atoms with Crippen molar-refractivity contribution in [2.75, 3.05) is 4.90 Å². The van der Waals surface area contributed by atoms with E-state index in [-0.39, 0.29) is 0 Å². The molecule has 0 fully saturated rings. The van der Waals surface area contributed by atoms with Crippen LogP contribution in [-0.2, 0) is 0 Å². The summed E-state index contributed by atoms with van der Waals surface area (Å²) >= 11 is 0. The maximum atomic E-state index is 6.07. The molecule has 0 spiro atoms. The molecule has 4 rings (SSSR count). The second-order valence-corrected chi connectivity index (χ2v) is 6.14. The van der Waals surface area contributed by atoms with Gasteiger partial charge in [0.05, 0.1) is 11.4 Å². The van der Waals surface area contributed by atoms with Crippen LogP contribution >= 0.6 is 0 Å². The Kier molecular flexibility index (Phi) is 3.12. The zero-order chi connectivity index (χ0) is 16.0. The number of hydrogen-bond donors (Lipinski definition) is 0. The molecule has 0 bridgehead atoms. The van der Waals surface area contributed by atoms with Crippen molar-refractivity contribution in [3.63, 3.8) is 0 Å². The summed E-state index contributed by atoms with van der Waals surface area (Å²) in [7, 11) is 0. The SMILES string of the molecule is Cc1ccc2c(c1)C=Cc1cc(C)oc1N2c1ccccc1C. The molecule has 2 aromatic carbocycles. The molecule has 114 valence electrons. The minimum atomic E-state index is 0.885. The normalized spacial score (nSPS) is 12.7. The molecule has 2 nitrogen and oxygen atoms in total. The average molecular weight is 301 g/mol. The Morgan fingerprint density at radius 1 is 0.783 bits per heavy atom. The summed E-state index contributed by atoms with van der Waals surface area (Å²) < 4.78 is 6.07. The molecular weight excluding hydrogens is 282 g/mol. The average Bonchev–Trinajstić information content (AvgIpc) is 2.83. The quantitative estimate of drug-likeness (QED) is 0.418. The molecule has 2 heterocycles. The molecule has 2 heteroatoms. The van der Waals surface area contributed by atoms with Gasteiger partial charge < -0.3 is 4.42 Å². The molecule has 0 saturated heterocycles. The first-order valence-corrected chi connectivity index (χ1v) is 7.88. The number of hydrogen-bond acceptors (Lipinski definition) is 2. The Balaban J connectivity index is 2.03. The van der Waals surface area contributed by atoms with Crippen LogP contribution in [0.4, 0.5) is 17.3 Å². The maximum absolute atomic E-state index is 6.07. The van der Waals surface area contributed by atoms with E-state index in [4.69, 9.17) is 4.42 Å². The number of benzene rings is 2. The molecule has 3 aromatic rings. The van der Waals surface area contributed by atoms with E-state index in [9.17, 15) is 0 Å². The van der Waals surface area contributed by atoms with E-state index in [1.807, 2.05) is 6.92 Å². The predicted molar refractivity (Wildman–Crippen MR) is 96.5 cm³/mol. The summed E-state index contributed by atoms with van der Waals surface area (Å²) in [6, 6.07) is 17.1. The van der Waals surface area contributed by atoms with E-state index >= 15 is 0 Å². The largest absolute Gasteiger partial charge is 0.444 e. The Labute approximate surface area is 136 Å². The second kappa shape index (κ2) is 5.17. The molecule has 1 aliphatic heterocycles. The van der Waals surface area contributed by atoms with E-state index in [0.717, 1.165) is 28.6 Å². The monoisotopic (exact) mass is 301 g/mol. The van der Waals surface area contributed by atoms with Crippen LogP contribution < -0.4 is 4.90 Å². The van der Waals surface area contributed by atoms with Gasteiger partial charge in [0.15, 0.2) is 0 Å². The summed E-state index contributed by atoms with van der Waals surface area (Å²) in [5.74, 6) is 1.81. The van der Waals surface area contributed by atoms with E-state index in [1.165, 1.54) is 16.7 Å². The van der Waals surface area contributed by atoms with Crippen LogP contribution in [0.2, 0.25) is 0 Å². The van der Waals surface area contributed by atoms with E-state index < -0.39 is 0 Å². The molecule has 23 heavy (non-hydrogen) atoms. The van der Waals surface area contributed by atoms with Crippen molar-refractivity contribution >= 4 is 29.4 Å². The Morgan fingerprint density at radius 2 is 1.57 bits per heavy atom. The highest BCUT2D eigenvalue weighted by Crippen LogP contribution is 2.44. The van der Waals surface area contributed by atoms with Gasteiger partial charge in [-0.05, 0) is 62.2 Å². The summed E-state index contributed by atoms with van der Waals surface area (Å²) in [6.07, 6.45) is 4.32. The molecule has 0 radical (unpaired) electrons. The molecule has 0 atom stereocenters. The minimum Gasteiger partial charge on any atom is -0.444 e. The van der Waals surface area contributed by atoms with Gasteiger partial charge in [0.2, 0.25) is 5.88 Å². The van der Waals surface area contributed by atoms with Crippen molar-refractivity contribution in [1.82, 2.24) is 0 Å². The van der Waals surface area contributed by atoms with Gasteiger partial charge in [-0.2, -0.15) is 0 Å². The minimum absolute atomic E-state index is 0.885. The van der Waals surface area contributed by atoms with Crippen LogP contribution in [0.25, 0.3) is 12.2 Å². The number of furan rings is 1. The van der Waals surface area contributed by atoms with Crippen LogP contribution in [0, 0.1) is 20.8 Å². The molecule has 1 aliphatic rings. The fraction of sp³-hybridized carbons (Fsp3) is 0.143. The van der Waals surface area contributed by atoms with Gasteiger partial charge in [0, 0.05) is 5.56 Å². The topological polar surface area (TPSA) is 16.4 Å². The van der Waals surface area contributed by atoms with E-state index in [1.54, 1.807) is 0 Å². The van der Waals surface area contributed by atoms with Gasteiger partial charge in [-0.1, -0.05) is 35.9 Å². The number of rotatable bonds is 1. The van der Waals surface area contributed by atoms with Gasteiger partial charge in [0.1, 0.15) is 5.76 Å². The molecule has 0 N–H and O–H groups in total. The van der Waals surface area contributed by atoms with Gasteiger partial charge in [0.25, 0.3) is 0 Å². The lowest BCUT2D eigenvalue weighted by atomic mass is 10.1. The molecule has 1 aromatic heterocycles. The van der Waals surface area contributed by atoms with Gasteiger partial charge in [-0.15, -0.1) is 0 Å². The van der Waals surface area contributed by atoms with E-state index in [2.05, 4.69) is 79.4 Å². The van der Waals surface area contributed by atoms with E-state index in [0.29, 0.717) is 0 Å². The molecule has 0 saturated carbocycles. The van der Waals surface area contributed by atoms with Crippen LogP contribution in [0.3, 0.4) is 0 Å². The van der Waals surface area contributed by atoms with Gasteiger partial charge >= 0.3 is 0 Å². The fourth-order valence-electron chi connectivity index (χ4n) is 3.17. The fourth-order valence-corrected chi connectivity index (χ4v) is 3.17. The molecule has 0 aliphatic carbocycles. The first-order valence-electron chi connectivity index (χ1n) is 7.88. The zero-order valence-electron chi connectivity index (χ0n) is 13.6. The lowest BCUT2D eigenvalue weighted by Gasteiger charge is -2.25. The first-order chi connectivity index (χ1) is 11.1. The standard InChI is InChI=1S/C21H19NO/c1-14-8-11-20-17(12-14)9-10-18-13-16(3)23-21(18)22(20)19-7-5-4-6-15(19)2/h4-13H,1-3H3. The zero-order valence-corrected chi connectivity index (χ0v) is 13.6. The van der Waals surface area contributed by atoms with Crippen molar-refractivity contribution in [3.05, 3.63) is 76.5 Å². The number of aryl methyl sites for hydroxylation is 3. The predicted octanol–water partition coefficient (Wildman–Crippen LogP) is 6.16. The van der Waals surface area contributed by atoms with Gasteiger partial charge in [-0.25, -0.2) is 0 Å². The highest BCUT2D eigenvalue weighted by molar-refractivity contribution is 5.92. The summed E-state index contributed by atoms with van der Waals surface area (Å²) in [5, 5.41) is 0. The summed E-state index contributed by atoms with van der Waals surface area (Å²) in [4.78, 5) is 2.23. The lowest BCUT2D eigenvalue weighted by molar-refractivity contribution is 0.541. The first kappa shape index (κ1) is 13.9. The van der Waals surface area contributed by atoms with Crippen molar-refractivity contribution in [2.24, 2.45) is 0 Å². The van der Waals surface area contributed by atoms with Crippen molar-refractivity contribution in [2.45, 2.75) is 20.8 Å². The Hall–Kier alpha value is -2.74. The number of nitrogens with zero attached hydrogens (tertiary/aromatic N) is 1. The van der Waals surface area contributed by atoms with Gasteiger partial charge in [-0.3, -0.25) is 4.90 Å². The van der Waals surface area contributed by atoms with Crippen LogP contribution in [0.15, 0.2) is 52.9 Å². The smallest absolute Gasteiger partial charge is 0.211 e. The second-order valence-electron chi connectivity index (χ2n) is 6.14. The van der Waals surface area contributed by atoms with Crippen molar-refractivity contribution in [3.8, 4) is 0 Å². The third kappa shape index (κ3) is 2.27. The number of fused-ring (bicyclic) bond motifs is 2. The molecular formula is C21H19NO. The number of anilines is 3. The Morgan fingerprint density at radius 3 is 2.39 bits per heavy atom. The maximum Gasteiger partial charge on any atom is 0.211 e. The van der Waals surface area contributed by atoms with Crippen molar-refractivity contribution in [1.29, 1.82) is 0 Å². The highest BCUT2D eigenvalue weighted by Gasteiger charge is 2.24. The van der Waals surface area contributed by atoms with Crippen molar-refractivity contribution < 1.29 is 4.42 Å². The molecule has 0 unspecified atom stereocenters. The molecule has 0 amide bonds. The summed E-state index contributed by atoms with van der Waals surface area (Å²) in [6.45, 7) is 6.25. The number of para-hydroxylation sites is 1. The van der Waals surface area contributed by atoms with Crippen LogP contribution in [0.1, 0.15) is 28.0 Å². The highest BCUT2D eigenvalue weighted by atomic mass is 16.4. The van der Waals surface area contributed by atoms with Crippen LogP contribution in [0.5, 0.6) is 0 Å². The summed E-state index contributed by atoms with van der Waals surface area (Å²) in [5.41, 5.74) is 7.09. The third-order valence-corrected chi connectivity index (χ3v) is 4.29. The third-order valence-electron chi connectivity index (χ3n) is 4.29. The lowest BCUT2D eigenvalue weighted by Crippen LogP contribution is -2.12.